The van der Waals surface area contributed by atoms with Crippen molar-refractivity contribution >= 4 is 39.6 Å². The number of hydrogen-bond acceptors (Lipinski definition) is 5. The van der Waals surface area contributed by atoms with Gasteiger partial charge in [-0.2, -0.15) is 0 Å². The van der Waals surface area contributed by atoms with Crippen LogP contribution in [-0.2, 0) is 11.3 Å². The van der Waals surface area contributed by atoms with E-state index in [1.165, 1.54) is 6.92 Å². The van der Waals surface area contributed by atoms with Crippen LogP contribution in [0.4, 0.5) is 0 Å². The molecule has 1 aliphatic rings. The number of nitrogens with one attached hydrogen (secondary N) is 2. The van der Waals surface area contributed by atoms with E-state index in [1.807, 2.05) is 45.5 Å². The van der Waals surface area contributed by atoms with Gasteiger partial charge in [-0.1, -0.05) is 23.7 Å². The lowest BCUT2D eigenvalue weighted by Crippen LogP contribution is -2.37. The Morgan fingerprint density at radius 2 is 1.69 bits per heavy atom. The van der Waals surface area contributed by atoms with E-state index in [9.17, 15) is 14.4 Å². The van der Waals surface area contributed by atoms with Crippen molar-refractivity contribution in [1.82, 2.24) is 24.0 Å². The number of piperidine rings is 1. The van der Waals surface area contributed by atoms with Crippen LogP contribution in [0.25, 0.3) is 22.1 Å². The summed E-state index contributed by atoms with van der Waals surface area (Å²) in [4.78, 5) is 42.4. The standard InChI is InChI=1S/C22H24ClN5O2.C3H6O3/c23-15-6-7-20-18(14-15)25-22(30)28(20)16-8-12-26(13-9-16)10-3-11-27-19-5-2-1-4-17(19)24-21(27)29;1-2(4)3(5)6/h1-2,4-7,14,16H,3,8-13H2,(H,24,29)(H,25,30);2,4H,1H3,(H,5,6). The third-order valence-corrected chi connectivity index (χ3v) is 6.73. The monoisotopic (exact) mass is 515 g/mol. The van der Waals surface area contributed by atoms with Crippen molar-refractivity contribution < 1.29 is 15.0 Å². The molecule has 1 atom stereocenters. The number of nitrogens with zero attached hydrogens (tertiary/aromatic N) is 3. The van der Waals surface area contributed by atoms with Crippen LogP contribution in [-0.4, -0.2) is 65.9 Å². The first-order valence-corrected chi connectivity index (χ1v) is 12.3. The molecule has 1 aliphatic heterocycles. The molecule has 0 spiro atoms. The Kier molecular flexibility index (Phi) is 7.97. The highest BCUT2D eigenvalue weighted by atomic mass is 35.5. The molecule has 1 unspecified atom stereocenters. The van der Waals surface area contributed by atoms with E-state index >= 15 is 0 Å². The molecule has 3 heterocycles. The molecule has 0 saturated carbocycles. The molecule has 0 aliphatic carbocycles. The SMILES string of the molecule is CC(O)C(=O)O.O=c1[nH]c2ccccc2n1CCCN1CCC(n2c(=O)[nH]c3cc(Cl)ccc32)CC1. The van der Waals surface area contributed by atoms with Crippen molar-refractivity contribution in [2.45, 2.75) is 44.9 Å². The molecule has 1 fully saturated rings. The highest BCUT2D eigenvalue weighted by Crippen LogP contribution is 2.26. The second-order valence-corrected chi connectivity index (χ2v) is 9.44. The van der Waals surface area contributed by atoms with E-state index in [-0.39, 0.29) is 17.4 Å². The highest BCUT2D eigenvalue weighted by Gasteiger charge is 2.23. The number of aliphatic hydroxyl groups is 1. The van der Waals surface area contributed by atoms with Gasteiger partial charge in [-0.3, -0.25) is 9.13 Å². The normalized spacial score (nSPS) is 15.6. The largest absolute Gasteiger partial charge is 0.479 e. The highest BCUT2D eigenvalue weighted by molar-refractivity contribution is 6.31. The predicted octanol–water partition coefficient (Wildman–Crippen LogP) is 2.81. The van der Waals surface area contributed by atoms with E-state index < -0.39 is 12.1 Å². The quantitative estimate of drug-likeness (QED) is 0.312. The second kappa shape index (κ2) is 11.2. The Bertz CT molecular complexity index is 1460. The van der Waals surface area contributed by atoms with Gasteiger partial charge in [-0.05, 0) is 63.1 Å². The molecule has 0 bridgehead atoms. The molecule has 10 nitrogen and oxygen atoms in total. The average molecular weight is 516 g/mol. The zero-order chi connectivity index (χ0) is 25.8. The maximum Gasteiger partial charge on any atom is 0.332 e. The number of fused-ring (bicyclic) bond motifs is 2. The van der Waals surface area contributed by atoms with E-state index in [0.717, 1.165) is 61.0 Å². The van der Waals surface area contributed by atoms with Gasteiger partial charge < -0.3 is 25.1 Å². The predicted molar refractivity (Wildman–Crippen MR) is 139 cm³/mol. The molecule has 5 rings (SSSR count). The van der Waals surface area contributed by atoms with Crippen molar-refractivity contribution in [3.05, 3.63) is 68.5 Å². The number of aromatic amines is 2. The molecule has 0 amide bonds. The number of carboxylic acids is 1. The zero-order valence-electron chi connectivity index (χ0n) is 20.0. The number of imidazole rings is 2. The first-order valence-electron chi connectivity index (χ1n) is 11.9. The van der Waals surface area contributed by atoms with Gasteiger partial charge in [0, 0.05) is 30.7 Å². The summed E-state index contributed by atoms with van der Waals surface area (Å²) in [6.45, 7) is 4.73. The van der Waals surface area contributed by atoms with Crippen LogP contribution in [0.3, 0.4) is 0 Å². The summed E-state index contributed by atoms with van der Waals surface area (Å²) in [5.74, 6) is -1.19. The third kappa shape index (κ3) is 5.72. The van der Waals surface area contributed by atoms with Gasteiger partial charge in [-0.15, -0.1) is 0 Å². The lowest BCUT2D eigenvalue weighted by molar-refractivity contribution is -0.145. The van der Waals surface area contributed by atoms with Gasteiger partial charge in [0.15, 0.2) is 0 Å². The van der Waals surface area contributed by atoms with Crippen molar-refractivity contribution in [3.8, 4) is 0 Å². The first-order chi connectivity index (χ1) is 17.2. The average Bonchev–Trinajstić information content (AvgIpc) is 3.34. The number of halogens is 1. The molecule has 11 heteroatoms. The molecule has 192 valence electrons. The second-order valence-electron chi connectivity index (χ2n) is 9.00. The van der Waals surface area contributed by atoms with Gasteiger partial charge in [0.1, 0.15) is 6.10 Å². The molecule has 2 aromatic heterocycles. The van der Waals surface area contributed by atoms with Crippen molar-refractivity contribution in [2.75, 3.05) is 19.6 Å². The van der Waals surface area contributed by atoms with Crippen LogP contribution in [0.1, 0.15) is 32.2 Å². The summed E-state index contributed by atoms with van der Waals surface area (Å²) in [5.41, 5.74) is 3.44. The number of aryl methyl sites for hydroxylation is 1. The van der Waals surface area contributed by atoms with Crippen LogP contribution < -0.4 is 11.4 Å². The fourth-order valence-corrected chi connectivity index (χ4v) is 4.82. The fraction of sp³-hybridized carbons (Fsp3) is 0.400. The summed E-state index contributed by atoms with van der Waals surface area (Å²) in [6.07, 6.45) is 1.55. The number of hydrogen-bond donors (Lipinski definition) is 4. The summed E-state index contributed by atoms with van der Waals surface area (Å²) in [5, 5.41) is 16.4. The van der Waals surface area contributed by atoms with Crippen LogP contribution in [0.2, 0.25) is 5.02 Å². The lowest BCUT2D eigenvalue weighted by atomic mass is 10.0. The third-order valence-electron chi connectivity index (χ3n) is 6.50. The van der Waals surface area contributed by atoms with E-state index in [1.54, 1.807) is 6.07 Å². The molecule has 0 radical (unpaired) electrons. The molecular weight excluding hydrogens is 486 g/mol. The number of aromatic nitrogens is 4. The maximum atomic E-state index is 12.5. The van der Waals surface area contributed by atoms with Crippen LogP contribution in [0.5, 0.6) is 0 Å². The number of likely N-dealkylation sites (tertiary alicyclic amines) is 1. The van der Waals surface area contributed by atoms with E-state index in [2.05, 4.69) is 14.9 Å². The molecule has 4 N–H and O–H groups in total. The molecule has 4 aromatic rings. The number of H-pyrrole nitrogens is 2. The van der Waals surface area contributed by atoms with E-state index in [4.69, 9.17) is 21.8 Å². The Balaban J connectivity index is 0.000000455. The zero-order valence-corrected chi connectivity index (χ0v) is 20.7. The Morgan fingerprint density at radius 1 is 1.03 bits per heavy atom. The van der Waals surface area contributed by atoms with Crippen molar-refractivity contribution in [2.24, 2.45) is 0 Å². The molecule has 36 heavy (non-hydrogen) atoms. The van der Waals surface area contributed by atoms with Gasteiger partial charge in [-0.25, -0.2) is 14.4 Å². The minimum atomic E-state index is -1.23. The van der Waals surface area contributed by atoms with Crippen LogP contribution in [0.15, 0.2) is 52.1 Å². The first kappa shape index (κ1) is 25.7. The van der Waals surface area contributed by atoms with Gasteiger partial charge in [0.25, 0.3) is 0 Å². The smallest absolute Gasteiger partial charge is 0.332 e. The van der Waals surface area contributed by atoms with Gasteiger partial charge in [0.05, 0.1) is 22.1 Å². The summed E-state index contributed by atoms with van der Waals surface area (Å²) in [7, 11) is 0. The summed E-state index contributed by atoms with van der Waals surface area (Å²) < 4.78 is 3.70. The van der Waals surface area contributed by atoms with Crippen molar-refractivity contribution in [3.63, 3.8) is 0 Å². The summed E-state index contributed by atoms with van der Waals surface area (Å²) in [6, 6.07) is 13.5. The van der Waals surface area contributed by atoms with E-state index in [0.29, 0.717) is 11.6 Å². The number of benzene rings is 2. The number of carboxylic acid groups (broad SMARTS) is 1. The Labute approximate surface area is 211 Å². The number of carbonyl (C=O) groups is 1. The number of aliphatic carboxylic acids is 1. The minimum absolute atomic E-state index is 0.0475. The van der Waals surface area contributed by atoms with Gasteiger partial charge >= 0.3 is 17.3 Å². The van der Waals surface area contributed by atoms with Crippen molar-refractivity contribution in [1.29, 1.82) is 0 Å². The number of aliphatic hydroxyl groups excluding tert-OH is 1. The van der Waals surface area contributed by atoms with Crippen LogP contribution >= 0.6 is 11.6 Å². The Morgan fingerprint density at radius 3 is 2.39 bits per heavy atom. The van der Waals surface area contributed by atoms with Gasteiger partial charge in [0.2, 0.25) is 0 Å². The fourth-order valence-electron chi connectivity index (χ4n) is 4.65. The Hall–Kier alpha value is -3.34. The molecule has 2 aromatic carbocycles. The van der Waals surface area contributed by atoms with Crippen LogP contribution in [0, 0.1) is 0 Å². The minimum Gasteiger partial charge on any atom is -0.479 e. The molecule has 1 saturated heterocycles. The summed E-state index contributed by atoms with van der Waals surface area (Å²) >= 11 is 6.05. The topological polar surface area (TPSA) is 136 Å². The molecular formula is C25H30ClN5O5. The number of para-hydroxylation sites is 2. The number of rotatable bonds is 6. The lowest BCUT2D eigenvalue weighted by Gasteiger charge is -2.32. The maximum absolute atomic E-state index is 12.5.